The number of carbonyl (C=O) groups is 1. The zero-order valence-electron chi connectivity index (χ0n) is 6.73. The molecule has 0 heterocycles. The third kappa shape index (κ3) is 5.07. The van der Waals surface area contributed by atoms with Gasteiger partial charge in [-0.25, -0.2) is 4.79 Å². The summed E-state index contributed by atoms with van der Waals surface area (Å²) < 4.78 is 19.6. The molecule has 6 heteroatoms. The summed E-state index contributed by atoms with van der Waals surface area (Å²) in [5.74, 6) is -0.746. The second kappa shape index (κ2) is 5.09. The lowest BCUT2D eigenvalue weighted by Crippen LogP contribution is -2.04. The van der Waals surface area contributed by atoms with Gasteiger partial charge >= 0.3 is 13.6 Å². The molecule has 5 nitrogen and oxygen atoms in total. The first kappa shape index (κ1) is 11.4. The van der Waals surface area contributed by atoms with E-state index in [0.29, 0.717) is 0 Å². The molecule has 0 aromatic heterocycles. The molecule has 0 aliphatic carbocycles. The fourth-order valence-corrected chi connectivity index (χ4v) is 1.21. The van der Waals surface area contributed by atoms with Crippen molar-refractivity contribution in [3.05, 3.63) is 12.7 Å². The fraction of sp³-hybridized carbons (Fsp3) is 0.500. The van der Waals surface area contributed by atoms with Crippen LogP contribution < -0.4 is 0 Å². The maximum absolute atomic E-state index is 10.9. The monoisotopic (exact) mass is 194 g/mol. The summed E-state index contributed by atoms with van der Waals surface area (Å²) in [6.45, 7) is 4.78. The molecule has 0 aliphatic rings. The average molecular weight is 194 g/mol. The van der Waals surface area contributed by atoms with Crippen molar-refractivity contribution in [1.82, 2.24) is 0 Å². The highest BCUT2D eigenvalue weighted by atomic mass is 31.2. The largest absolute Gasteiger partial charge is 0.450 e. The average Bonchev–Trinajstić information content (AvgIpc) is 2.00. The Morgan fingerprint density at radius 3 is 2.75 bits per heavy atom. The van der Waals surface area contributed by atoms with E-state index < -0.39 is 19.9 Å². The van der Waals surface area contributed by atoms with Crippen molar-refractivity contribution in [1.29, 1.82) is 0 Å². The van der Waals surface area contributed by atoms with Crippen LogP contribution >= 0.6 is 7.60 Å². The molecule has 1 N–H and O–H groups in total. The fourth-order valence-electron chi connectivity index (χ4n) is 0.443. The van der Waals surface area contributed by atoms with Crippen molar-refractivity contribution in [3.63, 3.8) is 0 Å². The van der Waals surface area contributed by atoms with Crippen molar-refractivity contribution in [2.45, 2.75) is 6.92 Å². The predicted molar refractivity (Wildman–Crippen MR) is 42.6 cm³/mol. The molecule has 70 valence electrons. The van der Waals surface area contributed by atoms with Gasteiger partial charge in [0, 0.05) is 6.08 Å². The van der Waals surface area contributed by atoms with E-state index in [2.05, 4.69) is 15.8 Å². The predicted octanol–water partition coefficient (Wildman–Crippen LogP) is 0.895. The number of hydrogen-bond donors (Lipinski definition) is 1. The molecular formula is C6H11O5P. The van der Waals surface area contributed by atoms with E-state index in [-0.39, 0.29) is 6.61 Å². The van der Waals surface area contributed by atoms with Crippen LogP contribution in [0.25, 0.3) is 0 Å². The minimum atomic E-state index is -3.75. The van der Waals surface area contributed by atoms with Gasteiger partial charge in [0.1, 0.15) is 0 Å². The topological polar surface area (TPSA) is 72.8 Å². The minimum absolute atomic E-state index is 0.0966. The SMILES string of the molecule is C=CC(=O)OCP(=O)(O)OCC. The molecule has 0 aliphatic heterocycles. The standard InChI is InChI=1S/C6H11O5P/c1-3-6(7)10-5-12(8,9)11-4-2/h3H,1,4-5H2,2H3,(H,8,9). The number of carbonyl (C=O) groups excluding carboxylic acids is 1. The van der Waals surface area contributed by atoms with Gasteiger partial charge in [-0.15, -0.1) is 0 Å². The third-order valence-corrected chi connectivity index (χ3v) is 1.98. The quantitative estimate of drug-likeness (QED) is 0.399. The van der Waals surface area contributed by atoms with Gasteiger partial charge in [0.05, 0.1) is 6.61 Å². The summed E-state index contributed by atoms with van der Waals surface area (Å²) in [4.78, 5) is 19.3. The van der Waals surface area contributed by atoms with Gasteiger partial charge in [-0.1, -0.05) is 6.58 Å². The van der Waals surface area contributed by atoms with Crippen LogP contribution in [-0.4, -0.2) is 23.8 Å². The van der Waals surface area contributed by atoms with E-state index in [1.54, 1.807) is 6.92 Å². The highest BCUT2D eigenvalue weighted by molar-refractivity contribution is 7.52. The number of ether oxygens (including phenoxy) is 1. The molecule has 1 atom stereocenters. The molecule has 0 bridgehead atoms. The summed E-state index contributed by atoms with van der Waals surface area (Å²) in [6.07, 6.45) is 0.275. The van der Waals surface area contributed by atoms with Crippen LogP contribution in [0.15, 0.2) is 12.7 Å². The zero-order chi connectivity index (χ0) is 9.61. The van der Waals surface area contributed by atoms with Crippen LogP contribution in [-0.2, 0) is 18.6 Å². The van der Waals surface area contributed by atoms with Gasteiger partial charge in [-0.3, -0.25) is 4.57 Å². The minimum Gasteiger partial charge on any atom is -0.450 e. The second-order valence-electron chi connectivity index (χ2n) is 1.85. The van der Waals surface area contributed by atoms with Crippen LogP contribution in [0.4, 0.5) is 0 Å². The maximum atomic E-state index is 10.9. The van der Waals surface area contributed by atoms with Crippen LogP contribution in [0.3, 0.4) is 0 Å². The van der Waals surface area contributed by atoms with E-state index in [9.17, 15) is 9.36 Å². The molecule has 12 heavy (non-hydrogen) atoms. The lowest BCUT2D eigenvalue weighted by molar-refractivity contribution is -0.136. The van der Waals surface area contributed by atoms with Gasteiger partial charge in [0.25, 0.3) is 0 Å². The molecule has 0 fully saturated rings. The zero-order valence-corrected chi connectivity index (χ0v) is 7.62. The smallest absolute Gasteiger partial charge is 0.365 e. The molecule has 0 rings (SSSR count). The number of esters is 1. The third-order valence-electron chi connectivity index (χ3n) is 0.867. The normalized spacial score (nSPS) is 14.8. The van der Waals surface area contributed by atoms with E-state index in [0.717, 1.165) is 6.08 Å². The Morgan fingerprint density at radius 1 is 1.75 bits per heavy atom. The molecule has 0 spiro atoms. The second-order valence-corrected chi connectivity index (χ2v) is 3.64. The lowest BCUT2D eigenvalue weighted by atomic mass is 10.7. The molecule has 0 aromatic rings. The van der Waals surface area contributed by atoms with E-state index >= 15 is 0 Å². The molecule has 0 radical (unpaired) electrons. The molecule has 0 amide bonds. The van der Waals surface area contributed by atoms with Crippen molar-refractivity contribution in [3.8, 4) is 0 Å². The highest BCUT2D eigenvalue weighted by Gasteiger charge is 2.20. The van der Waals surface area contributed by atoms with Crippen LogP contribution in [0.5, 0.6) is 0 Å². The molecular weight excluding hydrogens is 183 g/mol. The Hall–Kier alpha value is -0.640. The summed E-state index contributed by atoms with van der Waals surface area (Å²) >= 11 is 0. The van der Waals surface area contributed by atoms with Crippen LogP contribution in [0.2, 0.25) is 0 Å². The van der Waals surface area contributed by atoms with Gasteiger partial charge in [-0.2, -0.15) is 0 Å². The number of rotatable bonds is 5. The summed E-state index contributed by atoms with van der Waals surface area (Å²) in [6, 6.07) is 0. The molecule has 0 saturated heterocycles. The van der Waals surface area contributed by atoms with Crippen LogP contribution in [0.1, 0.15) is 6.92 Å². The Morgan fingerprint density at radius 2 is 2.33 bits per heavy atom. The van der Waals surface area contributed by atoms with Crippen molar-refractivity contribution in [2.24, 2.45) is 0 Å². The Bertz CT molecular complexity index is 212. The lowest BCUT2D eigenvalue weighted by Gasteiger charge is -2.09. The van der Waals surface area contributed by atoms with Gasteiger partial charge in [-0.05, 0) is 6.92 Å². The first-order valence-electron chi connectivity index (χ1n) is 3.27. The summed E-state index contributed by atoms with van der Waals surface area (Å²) in [5.41, 5.74) is 0. The number of hydrogen-bond acceptors (Lipinski definition) is 4. The van der Waals surface area contributed by atoms with Crippen molar-refractivity contribution >= 4 is 13.6 Å². The van der Waals surface area contributed by atoms with Gasteiger partial charge in [0.2, 0.25) is 0 Å². The summed E-state index contributed by atoms with van der Waals surface area (Å²) in [7, 11) is -3.75. The highest BCUT2D eigenvalue weighted by Crippen LogP contribution is 2.41. The summed E-state index contributed by atoms with van der Waals surface area (Å²) in [5, 5.41) is 0. The van der Waals surface area contributed by atoms with E-state index in [1.165, 1.54) is 0 Å². The van der Waals surface area contributed by atoms with E-state index in [4.69, 9.17) is 4.89 Å². The maximum Gasteiger partial charge on any atom is 0.365 e. The molecule has 0 aromatic carbocycles. The Kier molecular flexibility index (Phi) is 4.81. The van der Waals surface area contributed by atoms with Crippen LogP contribution in [0, 0.1) is 0 Å². The van der Waals surface area contributed by atoms with Crippen molar-refractivity contribution in [2.75, 3.05) is 13.0 Å². The molecule has 1 unspecified atom stereocenters. The Labute approximate surface area is 70.5 Å². The first-order valence-corrected chi connectivity index (χ1v) is 5.03. The molecule has 0 saturated carbocycles. The van der Waals surface area contributed by atoms with Gasteiger partial charge in [0.15, 0.2) is 6.35 Å². The first-order chi connectivity index (χ1) is 5.52. The Balaban J connectivity index is 3.83. The van der Waals surface area contributed by atoms with Gasteiger partial charge < -0.3 is 14.2 Å². The van der Waals surface area contributed by atoms with Crippen molar-refractivity contribution < 1.29 is 23.5 Å². The van der Waals surface area contributed by atoms with E-state index in [1.807, 2.05) is 0 Å².